The number of rotatable bonds is 1. The first-order chi connectivity index (χ1) is 11.3. The summed E-state index contributed by atoms with van der Waals surface area (Å²) in [5, 5.41) is 9.80. The molecule has 0 aliphatic carbocycles. The van der Waals surface area contributed by atoms with Crippen molar-refractivity contribution in [1.29, 1.82) is 0 Å². The van der Waals surface area contributed by atoms with Crippen molar-refractivity contribution in [2.45, 2.75) is 6.92 Å². The summed E-state index contributed by atoms with van der Waals surface area (Å²) in [4.78, 5) is 12.0. The van der Waals surface area contributed by atoms with Gasteiger partial charge in [0, 0.05) is 5.56 Å². The van der Waals surface area contributed by atoms with Crippen LogP contribution in [0.1, 0.15) is 17.3 Å². The SMILES string of the molecule is CC(=O)c1ccc2c3cccc4cccc(c5cccc1c52)c43. The molecule has 0 amide bonds. The number of carbonyl (C=O) groups excluding carboxylic acids is 1. The summed E-state index contributed by atoms with van der Waals surface area (Å²) in [7, 11) is 0. The van der Waals surface area contributed by atoms with Crippen molar-refractivity contribution in [2.75, 3.05) is 0 Å². The first kappa shape index (κ1) is 12.6. The number of benzene rings is 5. The van der Waals surface area contributed by atoms with E-state index in [0.717, 1.165) is 10.9 Å². The molecule has 0 bridgehead atoms. The lowest BCUT2D eigenvalue weighted by Crippen LogP contribution is -1.95. The third-order valence-electron chi connectivity index (χ3n) is 4.90. The molecule has 0 fully saturated rings. The quantitative estimate of drug-likeness (QED) is 0.212. The van der Waals surface area contributed by atoms with Gasteiger partial charge in [0.2, 0.25) is 0 Å². The summed E-state index contributed by atoms with van der Waals surface area (Å²) in [6, 6.07) is 23.3. The lowest BCUT2D eigenvalue weighted by atomic mass is 9.88. The molecule has 5 rings (SSSR count). The van der Waals surface area contributed by atoms with Crippen LogP contribution in [0.2, 0.25) is 0 Å². The van der Waals surface area contributed by atoms with Crippen LogP contribution in [0.3, 0.4) is 0 Å². The van der Waals surface area contributed by atoms with Gasteiger partial charge in [0.15, 0.2) is 5.78 Å². The Labute approximate surface area is 133 Å². The second kappa shape index (κ2) is 4.30. The highest BCUT2D eigenvalue weighted by atomic mass is 16.1. The average molecular weight is 294 g/mol. The Balaban J connectivity index is 2.21. The third kappa shape index (κ3) is 1.54. The van der Waals surface area contributed by atoms with Gasteiger partial charge in [0.25, 0.3) is 0 Å². The normalized spacial score (nSPS) is 11.9. The second-order valence-electron chi connectivity index (χ2n) is 6.15. The Morgan fingerprint density at radius 3 is 1.78 bits per heavy atom. The summed E-state index contributed by atoms with van der Waals surface area (Å²) >= 11 is 0. The molecule has 0 spiro atoms. The van der Waals surface area contributed by atoms with Crippen molar-refractivity contribution < 1.29 is 4.79 Å². The van der Waals surface area contributed by atoms with Gasteiger partial charge in [-0.1, -0.05) is 66.7 Å². The molecule has 1 heteroatoms. The lowest BCUT2D eigenvalue weighted by Gasteiger charge is -2.15. The summed E-state index contributed by atoms with van der Waals surface area (Å²) in [6.07, 6.45) is 0. The van der Waals surface area contributed by atoms with E-state index in [4.69, 9.17) is 0 Å². The van der Waals surface area contributed by atoms with Crippen molar-refractivity contribution >= 4 is 48.9 Å². The average Bonchev–Trinajstić information content (AvgIpc) is 2.58. The minimum atomic E-state index is 0.116. The number of ketones is 1. The van der Waals surface area contributed by atoms with Crippen LogP contribution in [0.5, 0.6) is 0 Å². The van der Waals surface area contributed by atoms with Crippen LogP contribution in [0.25, 0.3) is 43.1 Å². The number of Topliss-reactive ketones (excluding diaryl/α,β-unsaturated/α-hetero) is 1. The van der Waals surface area contributed by atoms with Gasteiger partial charge in [0.05, 0.1) is 0 Å². The van der Waals surface area contributed by atoms with Gasteiger partial charge in [-0.3, -0.25) is 4.79 Å². The molecule has 0 radical (unpaired) electrons. The second-order valence-corrected chi connectivity index (χ2v) is 6.15. The highest BCUT2D eigenvalue weighted by Gasteiger charge is 2.15. The van der Waals surface area contributed by atoms with Crippen molar-refractivity contribution in [3.8, 4) is 0 Å². The van der Waals surface area contributed by atoms with Crippen molar-refractivity contribution in [2.24, 2.45) is 0 Å². The number of carbonyl (C=O) groups is 1. The smallest absolute Gasteiger partial charge is 0.160 e. The van der Waals surface area contributed by atoms with Gasteiger partial charge >= 0.3 is 0 Å². The minimum Gasteiger partial charge on any atom is -0.294 e. The topological polar surface area (TPSA) is 17.1 Å². The first-order valence-electron chi connectivity index (χ1n) is 7.85. The first-order valence-corrected chi connectivity index (χ1v) is 7.85. The van der Waals surface area contributed by atoms with Gasteiger partial charge in [-0.25, -0.2) is 0 Å². The van der Waals surface area contributed by atoms with E-state index >= 15 is 0 Å². The zero-order chi connectivity index (χ0) is 15.6. The van der Waals surface area contributed by atoms with Crippen LogP contribution in [0, 0.1) is 0 Å². The molecule has 0 aliphatic rings. The molecule has 0 aromatic heterocycles. The summed E-state index contributed by atoms with van der Waals surface area (Å²) in [6.45, 7) is 1.64. The van der Waals surface area contributed by atoms with Gasteiger partial charge in [-0.2, -0.15) is 0 Å². The number of fused-ring (bicyclic) bond motifs is 2. The van der Waals surface area contributed by atoms with Crippen LogP contribution in [-0.4, -0.2) is 5.78 Å². The Morgan fingerprint density at radius 1 is 0.609 bits per heavy atom. The van der Waals surface area contributed by atoms with E-state index in [0.29, 0.717) is 0 Å². The monoisotopic (exact) mass is 294 g/mol. The Bertz CT molecular complexity index is 1180. The zero-order valence-corrected chi connectivity index (χ0v) is 12.8. The fourth-order valence-corrected chi connectivity index (χ4v) is 3.95. The minimum absolute atomic E-state index is 0.116. The van der Waals surface area contributed by atoms with E-state index < -0.39 is 0 Å². The summed E-state index contributed by atoms with van der Waals surface area (Å²) in [5.41, 5.74) is 0.803. The third-order valence-corrected chi connectivity index (χ3v) is 4.90. The van der Waals surface area contributed by atoms with E-state index in [1.165, 1.54) is 37.7 Å². The maximum absolute atomic E-state index is 12.0. The van der Waals surface area contributed by atoms with Crippen molar-refractivity contribution in [1.82, 2.24) is 0 Å². The lowest BCUT2D eigenvalue weighted by molar-refractivity contribution is 0.101. The summed E-state index contributed by atoms with van der Waals surface area (Å²) in [5.74, 6) is 0.116. The molecular formula is C22H14O. The van der Waals surface area contributed by atoms with Crippen LogP contribution in [0.15, 0.2) is 66.7 Å². The van der Waals surface area contributed by atoms with E-state index in [9.17, 15) is 4.79 Å². The van der Waals surface area contributed by atoms with E-state index in [1.54, 1.807) is 6.92 Å². The van der Waals surface area contributed by atoms with Gasteiger partial charge in [-0.15, -0.1) is 0 Å². The van der Waals surface area contributed by atoms with E-state index in [1.807, 2.05) is 6.07 Å². The molecular weight excluding hydrogens is 280 g/mol. The maximum Gasteiger partial charge on any atom is 0.160 e. The fraction of sp³-hybridized carbons (Fsp3) is 0.0455. The van der Waals surface area contributed by atoms with Gasteiger partial charge in [0.1, 0.15) is 0 Å². The highest BCUT2D eigenvalue weighted by Crippen LogP contribution is 2.40. The molecule has 1 nitrogen and oxygen atoms in total. The van der Waals surface area contributed by atoms with E-state index in [-0.39, 0.29) is 5.78 Å². The van der Waals surface area contributed by atoms with Crippen LogP contribution >= 0.6 is 0 Å². The molecule has 5 aromatic carbocycles. The molecule has 0 aliphatic heterocycles. The Hall–Kier alpha value is -2.93. The molecule has 108 valence electrons. The zero-order valence-electron chi connectivity index (χ0n) is 12.8. The Kier molecular flexibility index (Phi) is 2.35. The molecule has 0 saturated heterocycles. The molecule has 23 heavy (non-hydrogen) atoms. The Morgan fingerprint density at radius 2 is 1.13 bits per heavy atom. The molecule has 0 N–H and O–H groups in total. The molecule has 0 saturated carbocycles. The van der Waals surface area contributed by atoms with Crippen molar-refractivity contribution in [3.63, 3.8) is 0 Å². The maximum atomic E-state index is 12.0. The number of hydrogen-bond donors (Lipinski definition) is 0. The van der Waals surface area contributed by atoms with Gasteiger partial charge in [-0.05, 0) is 50.0 Å². The molecule has 0 atom stereocenters. The van der Waals surface area contributed by atoms with Crippen LogP contribution in [0.4, 0.5) is 0 Å². The standard InChI is InChI=1S/C22H14O/c1-13(23)15-11-12-20-18-8-3-6-14-5-2-7-17(21(14)18)19-10-4-9-16(15)22(19)20/h2-12H,1H3. The highest BCUT2D eigenvalue weighted by molar-refractivity contribution is 6.34. The summed E-state index contributed by atoms with van der Waals surface area (Å²) < 4.78 is 0. The number of hydrogen-bond acceptors (Lipinski definition) is 1. The molecule has 0 heterocycles. The van der Waals surface area contributed by atoms with Crippen LogP contribution < -0.4 is 0 Å². The van der Waals surface area contributed by atoms with E-state index in [2.05, 4.69) is 60.7 Å². The van der Waals surface area contributed by atoms with Crippen molar-refractivity contribution in [3.05, 3.63) is 72.3 Å². The predicted octanol–water partition coefficient (Wildman–Crippen LogP) is 5.94. The molecule has 0 unspecified atom stereocenters. The largest absolute Gasteiger partial charge is 0.294 e. The molecule has 5 aromatic rings. The fourth-order valence-electron chi connectivity index (χ4n) is 3.95. The van der Waals surface area contributed by atoms with Gasteiger partial charge < -0.3 is 0 Å². The predicted molar refractivity (Wildman–Crippen MR) is 97.7 cm³/mol. The van der Waals surface area contributed by atoms with Crippen LogP contribution in [-0.2, 0) is 0 Å².